The largest absolute Gasteiger partial charge is 0.390 e. The fourth-order valence-electron chi connectivity index (χ4n) is 1.58. The van der Waals surface area contributed by atoms with Crippen molar-refractivity contribution in [3.63, 3.8) is 0 Å². The molecule has 0 aliphatic heterocycles. The fraction of sp³-hybridized carbons (Fsp3) is 0.636. The van der Waals surface area contributed by atoms with Crippen molar-refractivity contribution in [3.05, 3.63) is 17.0 Å². The van der Waals surface area contributed by atoms with E-state index in [-0.39, 0.29) is 6.54 Å². The molecular formula is C11H15ClF3N3. The number of alkyl halides is 3. The van der Waals surface area contributed by atoms with Crippen molar-refractivity contribution in [3.8, 4) is 0 Å². The first kappa shape index (κ1) is 15.0. The highest BCUT2D eigenvalue weighted by atomic mass is 35.5. The molecule has 1 rings (SSSR count). The van der Waals surface area contributed by atoms with Gasteiger partial charge in [-0.25, -0.2) is 9.97 Å². The van der Waals surface area contributed by atoms with Crippen LogP contribution in [-0.2, 0) is 6.42 Å². The minimum Gasteiger partial charge on any atom is -0.359 e. The van der Waals surface area contributed by atoms with E-state index in [9.17, 15) is 13.2 Å². The molecule has 7 heteroatoms. The molecule has 0 radical (unpaired) electrons. The molecule has 1 aromatic heterocycles. The quantitative estimate of drug-likeness (QED) is 0.774. The van der Waals surface area contributed by atoms with E-state index in [0.29, 0.717) is 23.0 Å². The second-order valence-corrected chi connectivity index (χ2v) is 4.36. The summed E-state index contributed by atoms with van der Waals surface area (Å²) in [6.07, 6.45) is -2.31. The van der Waals surface area contributed by atoms with Crippen LogP contribution >= 0.6 is 11.6 Å². The average Bonchev–Trinajstić information content (AvgIpc) is 2.28. The molecule has 0 aliphatic carbocycles. The second-order valence-electron chi connectivity index (χ2n) is 4.00. The van der Waals surface area contributed by atoms with Gasteiger partial charge in [0.2, 0.25) is 0 Å². The highest BCUT2D eigenvalue weighted by Gasteiger charge is 2.27. The normalized spacial score (nSPS) is 11.7. The van der Waals surface area contributed by atoms with Gasteiger partial charge >= 0.3 is 6.18 Å². The number of aromatic nitrogens is 2. The lowest BCUT2D eigenvalue weighted by Gasteiger charge is -2.21. The molecule has 0 atom stereocenters. The summed E-state index contributed by atoms with van der Waals surface area (Å²) in [5, 5.41) is 0.306. The van der Waals surface area contributed by atoms with Gasteiger partial charge in [0, 0.05) is 19.2 Å². The van der Waals surface area contributed by atoms with Gasteiger partial charge < -0.3 is 4.90 Å². The fourth-order valence-corrected chi connectivity index (χ4v) is 1.80. The third kappa shape index (κ3) is 4.33. The first-order chi connectivity index (χ1) is 8.35. The maximum Gasteiger partial charge on any atom is 0.390 e. The Balaban J connectivity index is 2.84. The van der Waals surface area contributed by atoms with Crippen LogP contribution in [0.3, 0.4) is 0 Å². The van der Waals surface area contributed by atoms with E-state index in [1.165, 1.54) is 11.2 Å². The molecule has 3 nitrogen and oxygen atoms in total. The van der Waals surface area contributed by atoms with E-state index in [1.807, 2.05) is 6.92 Å². The van der Waals surface area contributed by atoms with Gasteiger partial charge in [0.05, 0.1) is 6.42 Å². The van der Waals surface area contributed by atoms with Gasteiger partial charge in [0.1, 0.15) is 17.3 Å². The summed E-state index contributed by atoms with van der Waals surface area (Å²) in [6, 6.07) is 0. The van der Waals surface area contributed by atoms with Gasteiger partial charge in [-0.1, -0.05) is 24.9 Å². The van der Waals surface area contributed by atoms with Crippen LogP contribution in [0.15, 0.2) is 6.33 Å². The van der Waals surface area contributed by atoms with Crippen LogP contribution < -0.4 is 4.90 Å². The number of hydrogen-bond acceptors (Lipinski definition) is 3. The maximum atomic E-state index is 12.2. The molecule has 1 heterocycles. The van der Waals surface area contributed by atoms with E-state index in [1.54, 1.807) is 7.05 Å². The van der Waals surface area contributed by atoms with Gasteiger partial charge in [-0.05, 0) is 6.42 Å². The van der Waals surface area contributed by atoms with E-state index in [2.05, 4.69) is 9.97 Å². The monoisotopic (exact) mass is 281 g/mol. The molecule has 0 saturated heterocycles. The number of rotatable bonds is 5. The van der Waals surface area contributed by atoms with Crippen molar-refractivity contribution in [2.24, 2.45) is 0 Å². The first-order valence-corrected chi connectivity index (χ1v) is 6.00. The van der Waals surface area contributed by atoms with Crippen LogP contribution in [0.4, 0.5) is 19.0 Å². The Morgan fingerprint density at radius 3 is 2.56 bits per heavy atom. The van der Waals surface area contributed by atoms with Crippen LogP contribution in [0.25, 0.3) is 0 Å². The van der Waals surface area contributed by atoms with Gasteiger partial charge in [0.25, 0.3) is 0 Å². The van der Waals surface area contributed by atoms with Crippen LogP contribution in [0, 0.1) is 0 Å². The third-order valence-corrected chi connectivity index (χ3v) is 2.79. The summed E-state index contributed by atoms with van der Waals surface area (Å²) < 4.78 is 36.5. The lowest BCUT2D eigenvalue weighted by molar-refractivity contribution is -0.132. The molecule has 0 spiro atoms. The van der Waals surface area contributed by atoms with E-state index < -0.39 is 12.6 Å². The van der Waals surface area contributed by atoms with Crippen molar-refractivity contribution in [1.82, 2.24) is 9.97 Å². The lowest BCUT2D eigenvalue weighted by Crippen LogP contribution is -2.26. The number of halogens is 4. The van der Waals surface area contributed by atoms with E-state index in [0.717, 1.165) is 6.42 Å². The Kier molecular flexibility index (Phi) is 5.19. The summed E-state index contributed by atoms with van der Waals surface area (Å²) >= 11 is 5.94. The predicted molar refractivity (Wildman–Crippen MR) is 65.0 cm³/mol. The summed E-state index contributed by atoms with van der Waals surface area (Å²) in [5.41, 5.74) is 0.700. The third-order valence-electron chi connectivity index (χ3n) is 2.46. The highest BCUT2D eigenvalue weighted by molar-refractivity contribution is 6.30. The number of nitrogens with zero attached hydrogens (tertiary/aromatic N) is 3. The zero-order valence-corrected chi connectivity index (χ0v) is 11.0. The van der Waals surface area contributed by atoms with Crippen LogP contribution in [0.1, 0.15) is 25.3 Å². The second kappa shape index (κ2) is 6.22. The van der Waals surface area contributed by atoms with Crippen LogP contribution in [0.5, 0.6) is 0 Å². The zero-order chi connectivity index (χ0) is 13.8. The van der Waals surface area contributed by atoms with Crippen LogP contribution in [0.2, 0.25) is 5.15 Å². The molecule has 102 valence electrons. The van der Waals surface area contributed by atoms with Gasteiger partial charge in [0.15, 0.2) is 0 Å². The topological polar surface area (TPSA) is 29.0 Å². The molecule has 18 heavy (non-hydrogen) atoms. The minimum atomic E-state index is -4.17. The van der Waals surface area contributed by atoms with Crippen LogP contribution in [-0.4, -0.2) is 29.7 Å². The molecule has 0 N–H and O–H groups in total. The highest BCUT2D eigenvalue weighted by Crippen LogP contribution is 2.26. The van der Waals surface area contributed by atoms with Crippen molar-refractivity contribution in [2.75, 3.05) is 18.5 Å². The summed E-state index contributed by atoms with van der Waals surface area (Å²) in [4.78, 5) is 9.34. The first-order valence-electron chi connectivity index (χ1n) is 5.62. The molecular weight excluding hydrogens is 267 g/mol. The Morgan fingerprint density at radius 1 is 1.33 bits per heavy atom. The van der Waals surface area contributed by atoms with Gasteiger partial charge in [-0.3, -0.25) is 0 Å². The predicted octanol–water partition coefficient (Wildman–Crippen LogP) is 3.47. The minimum absolute atomic E-state index is 0.145. The number of anilines is 1. The Labute approximate surface area is 109 Å². The number of hydrogen-bond donors (Lipinski definition) is 0. The summed E-state index contributed by atoms with van der Waals surface area (Å²) in [6.45, 7) is 1.82. The molecule has 0 unspecified atom stereocenters. The molecule has 0 saturated carbocycles. The molecule has 0 fully saturated rings. The van der Waals surface area contributed by atoms with Crippen molar-refractivity contribution in [1.29, 1.82) is 0 Å². The molecule has 0 aliphatic rings. The van der Waals surface area contributed by atoms with Crippen molar-refractivity contribution in [2.45, 2.75) is 32.4 Å². The standard InChI is InChI=1S/C11H15ClF3N3/c1-3-4-8-9(12)16-7-17-10(8)18(2)6-5-11(13,14)15/h7H,3-6H2,1-2H3. The summed E-state index contributed by atoms with van der Waals surface area (Å²) in [7, 11) is 1.57. The Morgan fingerprint density at radius 2 is 2.00 bits per heavy atom. The molecule has 0 bridgehead atoms. The molecule has 0 aromatic carbocycles. The SMILES string of the molecule is CCCc1c(Cl)ncnc1N(C)CCC(F)(F)F. The Hall–Kier alpha value is -1.04. The Bertz CT molecular complexity index is 396. The molecule has 0 amide bonds. The van der Waals surface area contributed by atoms with E-state index >= 15 is 0 Å². The molecule has 1 aromatic rings. The van der Waals surface area contributed by atoms with Crippen molar-refractivity contribution >= 4 is 17.4 Å². The summed E-state index contributed by atoms with van der Waals surface area (Å²) in [5.74, 6) is 0.473. The lowest BCUT2D eigenvalue weighted by atomic mass is 10.2. The van der Waals surface area contributed by atoms with Gasteiger partial charge in [-0.2, -0.15) is 13.2 Å². The smallest absolute Gasteiger partial charge is 0.359 e. The van der Waals surface area contributed by atoms with Gasteiger partial charge in [-0.15, -0.1) is 0 Å². The zero-order valence-electron chi connectivity index (χ0n) is 10.3. The van der Waals surface area contributed by atoms with E-state index in [4.69, 9.17) is 11.6 Å². The average molecular weight is 282 g/mol. The maximum absolute atomic E-state index is 12.2. The van der Waals surface area contributed by atoms with Crippen molar-refractivity contribution < 1.29 is 13.2 Å².